The van der Waals surface area contributed by atoms with Gasteiger partial charge in [-0.15, -0.1) is 0 Å². The van der Waals surface area contributed by atoms with E-state index in [1.54, 1.807) is 0 Å². The lowest BCUT2D eigenvalue weighted by Crippen LogP contribution is -2.55. The molecule has 0 aromatic rings. The van der Waals surface area contributed by atoms with E-state index in [9.17, 15) is 0 Å². The molecule has 0 aromatic carbocycles. The standard InChI is InChI=1S/C24H51N/c1-8-11-12-13-14-15-16-17-18-19-20-21-22-25(23(4,5)9-2)24(6,7)10-3/h8-22H2,1-7H3. The third-order valence-electron chi connectivity index (χ3n) is 6.43. The summed E-state index contributed by atoms with van der Waals surface area (Å²) < 4.78 is 0. The molecule has 0 amide bonds. The summed E-state index contributed by atoms with van der Waals surface area (Å²) in [7, 11) is 0. The average molecular weight is 354 g/mol. The van der Waals surface area contributed by atoms with Crippen LogP contribution >= 0.6 is 0 Å². The van der Waals surface area contributed by atoms with Crippen LogP contribution in [0.3, 0.4) is 0 Å². The van der Waals surface area contributed by atoms with E-state index in [1.807, 2.05) is 0 Å². The lowest BCUT2D eigenvalue weighted by molar-refractivity contribution is 0.00963. The molecule has 25 heavy (non-hydrogen) atoms. The molecular formula is C24H51N. The molecule has 0 aliphatic rings. The van der Waals surface area contributed by atoms with Crippen molar-refractivity contribution < 1.29 is 0 Å². The number of rotatable bonds is 17. The van der Waals surface area contributed by atoms with Crippen molar-refractivity contribution in [2.24, 2.45) is 0 Å². The van der Waals surface area contributed by atoms with Crippen molar-refractivity contribution in [3.63, 3.8) is 0 Å². The number of nitrogens with zero attached hydrogens (tertiary/aromatic N) is 1. The monoisotopic (exact) mass is 353 g/mol. The van der Waals surface area contributed by atoms with Gasteiger partial charge in [0, 0.05) is 11.1 Å². The predicted octanol–water partition coefficient (Wildman–Crippen LogP) is 8.37. The van der Waals surface area contributed by atoms with Crippen LogP contribution in [-0.2, 0) is 0 Å². The van der Waals surface area contributed by atoms with Crippen LogP contribution in [0.1, 0.15) is 138 Å². The molecule has 0 fully saturated rings. The van der Waals surface area contributed by atoms with Crippen molar-refractivity contribution in [3.8, 4) is 0 Å². The summed E-state index contributed by atoms with van der Waals surface area (Å²) in [6, 6.07) is 0. The third kappa shape index (κ3) is 11.3. The summed E-state index contributed by atoms with van der Waals surface area (Å²) in [6.45, 7) is 17.9. The molecule has 1 heteroatoms. The number of hydrogen-bond acceptors (Lipinski definition) is 1. The Balaban J connectivity index is 3.80. The first kappa shape index (κ1) is 25.0. The maximum atomic E-state index is 2.77. The second-order valence-electron chi connectivity index (χ2n) is 9.37. The van der Waals surface area contributed by atoms with Gasteiger partial charge in [0.2, 0.25) is 0 Å². The van der Waals surface area contributed by atoms with E-state index < -0.39 is 0 Å². The molecule has 0 spiro atoms. The molecule has 0 aromatic heterocycles. The van der Waals surface area contributed by atoms with Gasteiger partial charge in [0.15, 0.2) is 0 Å². The van der Waals surface area contributed by atoms with Gasteiger partial charge in [-0.3, -0.25) is 4.90 Å². The Bertz CT molecular complexity index is 276. The van der Waals surface area contributed by atoms with Crippen LogP contribution in [0.25, 0.3) is 0 Å². The molecule has 0 saturated heterocycles. The molecule has 0 atom stereocenters. The molecular weight excluding hydrogens is 302 g/mol. The fraction of sp³-hybridized carbons (Fsp3) is 1.00. The SMILES string of the molecule is CCCCCCCCCCCCCCN(C(C)(C)CC)C(C)(C)CC. The largest absolute Gasteiger partial charge is 0.293 e. The molecule has 0 aliphatic heterocycles. The van der Waals surface area contributed by atoms with E-state index in [0.29, 0.717) is 11.1 Å². The molecule has 0 unspecified atom stereocenters. The van der Waals surface area contributed by atoms with Crippen molar-refractivity contribution in [2.45, 2.75) is 149 Å². The summed E-state index contributed by atoms with van der Waals surface area (Å²) in [5, 5.41) is 0. The summed E-state index contributed by atoms with van der Waals surface area (Å²) in [5.74, 6) is 0. The van der Waals surface area contributed by atoms with Gasteiger partial charge in [-0.05, 0) is 53.5 Å². The van der Waals surface area contributed by atoms with Gasteiger partial charge < -0.3 is 0 Å². The maximum absolute atomic E-state index is 2.77. The quantitative estimate of drug-likeness (QED) is 0.237. The lowest BCUT2D eigenvalue weighted by Gasteiger charge is -2.48. The normalized spacial score (nSPS) is 13.0. The van der Waals surface area contributed by atoms with Crippen LogP contribution in [0.2, 0.25) is 0 Å². The second kappa shape index (κ2) is 14.1. The fourth-order valence-corrected chi connectivity index (χ4v) is 3.92. The number of unbranched alkanes of at least 4 members (excludes halogenated alkanes) is 11. The van der Waals surface area contributed by atoms with E-state index in [4.69, 9.17) is 0 Å². The third-order valence-corrected chi connectivity index (χ3v) is 6.43. The average Bonchev–Trinajstić information content (AvgIpc) is 2.58. The highest BCUT2D eigenvalue weighted by molar-refractivity contribution is 4.90. The lowest BCUT2D eigenvalue weighted by atomic mass is 9.88. The van der Waals surface area contributed by atoms with Gasteiger partial charge in [-0.2, -0.15) is 0 Å². The Kier molecular flexibility index (Phi) is 14.0. The second-order valence-corrected chi connectivity index (χ2v) is 9.37. The van der Waals surface area contributed by atoms with Crippen LogP contribution in [0.4, 0.5) is 0 Å². The van der Waals surface area contributed by atoms with Crippen molar-refractivity contribution in [1.29, 1.82) is 0 Å². The first-order chi connectivity index (χ1) is 11.8. The summed E-state index contributed by atoms with van der Waals surface area (Å²) >= 11 is 0. The van der Waals surface area contributed by atoms with Gasteiger partial charge >= 0.3 is 0 Å². The minimum Gasteiger partial charge on any atom is -0.293 e. The van der Waals surface area contributed by atoms with Gasteiger partial charge in [0.1, 0.15) is 0 Å². The van der Waals surface area contributed by atoms with Gasteiger partial charge in [0.05, 0.1) is 0 Å². The van der Waals surface area contributed by atoms with Crippen molar-refractivity contribution >= 4 is 0 Å². The highest BCUT2D eigenvalue weighted by atomic mass is 15.2. The minimum atomic E-state index is 0.317. The van der Waals surface area contributed by atoms with Gasteiger partial charge in [-0.1, -0.05) is 91.4 Å². The van der Waals surface area contributed by atoms with Crippen LogP contribution in [0.15, 0.2) is 0 Å². The Labute approximate surface area is 161 Å². The van der Waals surface area contributed by atoms with Crippen molar-refractivity contribution in [2.75, 3.05) is 6.54 Å². The molecule has 1 nitrogen and oxygen atoms in total. The first-order valence-corrected chi connectivity index (χ1v) is 11.6. The predicted molar refractivity (Wildman–Crippen MR) is 117 cm³/mol. The highest BCUT2D eigenvalue weighted by Gasteiger charge is 2.34. The zero-order valence-electron chi connectivity index (χ0n) is 19.1. The zero-order chi connectivity index (χ0) is 19.2. The van der Waals surface area contributed by atoms with Crippen LogP contribution < -0.4 is 0 Å². The fourth-order valence-electron chi connectivity index (χ4n) is 3.92. The Hall–Kier alpha value is -0.0400. The van der Waals surface area contributed by atoms with E-state index >= 15 is 0 Å². The Morgan fingerprint density at radius 2 is 0.800 bits per heavy atom. The molecule has 0 heterocycles. The first-order valence-electron chi connectivity index (χ1n) is 11.6. The van der Waals surface area contributed by atoms with Gasteiger partial charge in [0.25, 0.3) is 0 Å². The van der Waals surface area contributed by atoms with E-state index in [2.05, 4.69) is 53.4 Å². The number of hydrogen-bond donors (Lipinski definition) is 0. The zero-order valence-corrected chi connectivity index (χ0v) is 19.1. The molecule has 0 aliphatic carbocycles. The smallest absolute Gasteiger partial charge is 0.0155 e. The molecule has 0 bridgehead atoms. The maximum Gasteiger partial charge on any atom is 0.0155 e. The van der Waals surface area contributed by atoms with Crippen molar-refractivity contribution in [3.05, 3.63) is 0 Å². The Morgan fingerprint density at radius 3 is 1.12 bits per heavy atom. The molecule has 152 valence electrons. The Morgan fingerprint density at radius 1 is 0.480 bits per heavy atom. The molecule has 0 radical (unpaired) electrons. The highest BCUT2D eigenvalue weighted by Crippen LogP contribution is 2.30. The minimum absolute atomic E-state index is 0.317. The van der Waals surface area contributed by atoms with Gasteiger partial charge in [-0.25, -0.2) is 0 Å². The van der Waals surface area contributed by atoms with Crippen LogP contribution in [0, 0.1) is 0 Å². The van der Waals surface area contributed by atoms with E-state index in [0.717, 1.165) is 0 Å². The summed E-state index contributed by atoms with van der Waals surface area (Å²) in [5.41, 5.74) is 0.634. The van der Waals surface area contributed by atoms with E-state index in [1.165, 1.54) is 96.4 Å². The van der Waals surface area contributed by atoms with Crippen LogP contribution in [-0.4, -0.2) is 22.5 Å². The topological polar surface area (TPSA) is 3.24 Å². The van der Waals surface area contributed by atoms with E-state index in [-0.39, 0.29) is 0 Å². The summed E-state index contributed by atoms with van der Waals surface area (Å²) in [6.07, 6.45) is 19.7. The van der Waals surface area contributed by atoms with Crippen LogP contribution in [0.5, 0.6) is 0 Å². The molecule has 0 N–H and O–H groups in total. The summed E-state index contributed by atoms with van der Waals surface area (Å²) in [4.78, 5) is 2.77. The molecule has 0 saturated carbocycles. The molecule has 0 rings (SSSR count). The van der Waals surface area contributed by atoms with Crippen molar-refractivity contribution in [1.82, 2.24) is 4.90 Å².